The first-order valence-corrected chi connectivity index (χ1v) is 6.73. The molecule has 0 spiro atoms. The van der Waals surface area contributed by atoms with E-state index in [9.17, 15) is 0 Å². The highest BCUT2D eigenvalue weighted by Gasteiger charge is 2.30. The predicted octanol–water partition coefficient (Wildman–Crippen LogP) is 1.55. The van der Waals surface area contributed by atoms with Crippen molar-refractivity contribution in [3.8, 4) is 0 Å². The van der Waals surface area contributed by atoms with Crippen LogP contribution < -0.4 is 5.32 Å². The zero-order valence-electron chi connectivity index (χ0n) is 13.0. The zero-order valence-corrected chi connectivity index (χ0v) is 15.3. The van der Waals surface area contributed by atoms with Gasteiger partial charge in [0.05, 0.1) is 6.54 Å². The SMILES string of the molecule is CN=C(NCc1nnc(C)n1C)N1CCC(C)(C)C1.I. The summed E-state index contributed by atoms with van der Waals surface area (Å²) in [6, 6.07) is 0. The number of nitrogens with zero attached hydrogens (tertiary/aromatic N) is 5. The molecule has 2 heterocycles. The maximum absolute atomic E-state index is 4.36. The maximum atomic E-state index is 4.36. The van der Waals surface area contributed by atoms with Crippen LogP contribution in [0.25, 0.3) is 0 Å². The van der Waals surface area contributed by atoms with Crippen LogP contribution in [0.2, 0.25) is 0 Å². The van der Waals surface area contributed by atoms with E-state index in [1.807, 2.05) is 25.6 Å². The van der Waals surface area contributed by atoms with Gasteiger partial charge in [-0.2, -0.15) is 0 Å². The summed E-state index contributed by atoms with van der Waals surface area (Å²) in [4.78, 5) is 6.67. The van der Waals surface area contributed by atoms with Crippen molar-refractivity contribution in [1.29, 1.82) is 0 Å². The average molecular weight is 392 g/mol. The Morgan fingerprint density at radius 2 is 2.10 bits per heavy atom. The minimum Gasteiger partial charge on any atom is -0.349 e. The number of guanidine groups is 1. The quantitative estimate of drug-likeness (QED) is 0.472. The average Bonchev–Trinajstić information content (AvgIpc) is 2.86. The molecule has 0 saturated carbocycles. The lowest BCUT2D eigenvalue weighted by molar-refractivity contribution is 0.370. The third kappa shape index (κ3) is 3.83. The largest absolute Gasteiger partial charge is 0.349 e. The van der Waals surface area contributed by atoms with E-state index in [-0.39, 0.29) is 24.0 Å². The molecule has 6 nitrogen and oxygen atoms in total. The van der Waals surface area contributed by atoms with Crippen molar-refractivity contribution < 1.29 is 0 Å². The Labute approximate surface area is 138 Å². The van der Waals surface area contributed by atoms with E-state index < -0.39 is 0 Å². The lowest BCUT2D eigenvalue weighted by atomic mass is 9.93. The molecule has 114 valence electrons. The molecule has 0 bridgehead atoms. The van der Waals surface area contributed by atoms with Gasteiger partial charge in [0.1, 0.15) is 5.82 Å². The summed E-state index contributed by atoms with van der Waals surface area (Å²) in [5.74, 6) is 2.80. The first-order chi connectivity index (χ1) is 8.93. The minimum absolute atomic E-state index is 0. The molecule has 1 N–H and O–H groups in total. The lowest BCUT2D eigenvalue weighted by Crippen LogP contribution is -2.40. The first-order valence-electron chi connectivity index (χ1n) is 6.73. The standard InChI is InChI=1S/C13H24N6.HI/c1-10-16-17-11(18(10)5)8-15-12(14-4)19-7-6-13(2,3)9-19;/h6-9H2,1-5H3,(H,14,15);1H. The van der Waals surface area contributed by atoms with Gasteiger partial charge in [0.25, 0.3) is 0 Å². The monoisotopic (exact) mass is 392 g/mol. The molecular weight excluding hydrogens is 367 g/mol. The maximum Gasteiger partial charge on any atom is 0.194 e. The predicted molar refractivity (Wildman–Crippen MR) is 91.3 cm³/mol. The van der Waals surface area contributed by atoms with Gasteiger partial charge in [0.15, 0.2) is 11.8 Å². The fourth-order valence-corrected chi connectivity index (χ4v) is 2.39. The van der Waals surface area contributed by atoms with Gasteiger partial charge in [-0.05, 0) is 18.8 Å². The fraction of sp³-hybridized carbons (Fsp3) is 0.769. The highest BCUT2D eigenvalue weighted by Crippen LogP contribution is 2.28. The zero-order chi connectivity index (χ0) is 14.0. The summed E-state index contributed by atoms with van der Waals surface area (Å²) in [7, 11) is 3.81. The van der Waals surface area contributed by atoms with Crippen molar-refractivity contribution >= 4 is 29.9 Å². The van der Waals surface area contributed by atoms with Crippen molar-refractivity contribution in [3.05, 3.63) is 11.6 Å². The molecule has 0 aromatic carbocycles. The molecule has 2 rings (SSSR count). The first kappa shape index (κ1) is 17.2. The molecule has 0 aliphatic carbocycles. The molecule has 0 radical (unpaired) electrons. The van der Waals surface area contributed by atoms with Gasteiger partial charge >= 0.3 is 0 Å². The van der Waals surface area contributed by atoms with Gasteiger partial charge in [-0.15, -0.1) is 34.2 Å². The van der Waals surface area contributed by atoms with E-state index in [1.54, 1.807) is 0 Å². The van der Waals surface area contributed by atoms with E-state index in [0.29, 0.717) is 12.0 Å². The number of aryl methyl sites for hydroxylation is 1. The number of likely N-dealkylation sites (tertiary alicyclic amines) is 1. The smallest absolute Gasteiger partial charge is 0.194 e. The van der Waals surface area contributed by atoms with E-state index in [0.717, 1.165) is 30.7 Å². The minimum atomic E-state index is 0. The van der Waals surface area contributed by atoms with Crippen molar-refractivity contribution in [2.45, 2.75) is 33.7 Å². The van der Waals surface area contributed by atoms with Crippen LogP contribution in [0.3, 0.4) is 0 Å². The second-order valence-corrected chi connectivity index (χ2v) is 5.96. The Balaban J connectivity index is 0.00000200. The third-order valence-corrected chi connectivity index (χ3v) is 3.78. The molecule has 1 aliphatic heterocycles. The van der Waals surface area contributed by atoms with Crippen LogP contribution in [0.15, 0.2) is 4.99 Å². The molecule has 0 unspecified atom stereocenters. The number of rotatable bonds is 2. The molecule has 1 aliphatic rings. The van der Waals surface area contributed by atoms with Crippen LogP contribution in [0, 0.1) is 12.3 Å². The molecule has 0 atom stereocenters. The van der Waals surface area contributed by atoms with Crippen LogP contribution in [0.1, 0.15) is 31.9 Å². The topological polar surface area (TPSA) is 58.3 Å². The van der Waals surface area contributed by atoms with Gasteiger partial charge in [0, 0.05) is 27.2 Å². The van der Waals surface area contributed by atoms with E-state index in [1.165, 1.54) is 6.42 Å². The normalized spacial score (nSPS) is 18.1. The van der Waals surface area contributed by atoms with Gasteiger partial charge in [-0.1, -0.05) is 13.8 Å². The van der Waals surface area contributed by atoms with Crippen molar-refractivity contribution in [2.24, 2.45) is 17.5 Å². The summed E-state index contributed by atoms with van der Waals surface area (Å²) in [5.41, 5.74) is 0.374. The van der Waals surface area contributed by atoms with Gasteiger partial charge in [-0.3, -0.25) is 4.99 Å². The molecule has 1 aromatic heterocycles. The summed E-state index contributed by atoms with van der Waals surface area (Å²) in [6.07, 6.45) is 1.21. The third-order valence-electron chi connectivity index (χ3n) is 3.78. The summed E-state index contributed by atoms with van der Waals surface area (Å²) in [5, 5.41) is 11.6. The molecule has 1 aromatic rings. The Bertz CT molecular complexity index is 479. The highest BCUT2D eigenvalue weighted by molar-refractivity contribution is 14.0. The molecule has 1 saturated heterocycles. The fourth-order valence-electron chi connectivity index (χ4n) is 2.39. The molecular formula is C13H25IN6. The number of nitrogens with one attached hydrogen (secondary N) is 1. The second-order valence-electron chi connectivity index (χ2n) is 5.96. The van der Waals surface area contributed by atoms with Crippen LogP contribution in [0.4, 0.5) is 0 Å². The Hall–Kier alpha value is -0.860. The van der Waals surface area contributed by atoms with Gasteiger partial charge < -0.3 is 14.8 Å². The number of halogens is 1. The van der Waals surface area contributed by atoms with Crippen molar-refractivity contribution in [1.82, 2.24) is 25.0 Å². The van der Waals surface area contributed by atoms with E-state index in [4.69, 9.17) is 0 Å². The number of aromatic nitrogens is 3. The van der Waals surface area contributed by atoms with Gasteiger partial charge in [-0.25, -0.2) is 0 Å². The molecule has 7 heteroatoms. The van der Waals surface area contributed by atoms with Crippen LogP contribution >= 0.6 is 24.0 Å². The summed E-state index contributed by atoms with van der Waals surface area (Å²) in [6.45, 7) is 9.31. The van der Waals surface area contributed by atoms with Crippen LogP contribution in [-0.2, 0) is 13.6 Å². The van der Waals surface area contributed by atoms with Crippen LogP contribution in [-0.4, -0.2) is 45.8 Å². The van der Waals surface area contributed by atoms with Crippen LogP contribution in [0.5, 0.6) is 0 Å². The second kappa shape index (κ2) is 6.73. The molecule has 0 amide bonds. The number of aliphatic imine (C=N–C) groups is 1. The van der Waals surface area contributed by atoms with Crippen molar-refractivity contribution in [2.75, 3.05) is 20.1 Å². The van der Waals surface area contributed by atoms with Gasteiger partial charge in [0.2, 0.25) is 0 Å². The highest BCUT2D eigenvalue weighted by atomic mass is 127. The molecule has 20 heavy (non-hydrogen) atoms. The van der Waals surface area contributed by atoms with E-state index in [2.05, 4.69) is 39.3 Å². The lowest BCUT2D eigenvalue weighted by Gasteiger charge is -2.23. The summed E-state index contributed by atoms with van der Waals surface area (Å²) < 4.78 is 1.99. The Kier molecular flexibility index (Phi) is 5.79. The van der Waals surface area contributed by atoms with Crippen molar-refractivity contribution in [3.63, 3.8) is 0 Å². The Morgan fingerprint density at radius 3 is 2.55 bits per heavy atom. The number of hydrogen-bond acceptors (Lipinski definition) is 3. The Morgan fingerprint density at radius 1 is 1.40 bits per heavy atom. The number of hydrogen-bond donors (Lipinski definition) is 1. The summed E-state index contributed by atoms with van der Waals surface area (Å²) >= 11 is 0. The van der Waals surface area contributed by atoms with E-state index >= 15 is 0 Å². The molecule has 1 fully saturated rings.